The minimum absolute atomic E-state index is 0.150. The molecule has 0 radical (unpaired) electrons. The molecule has 0 amide bonds. The summed E-state index contributed by atoms with van der Waals surface area (Å²) in [7, 11) is 1.53. The summed E-state index contributed by atoms with van der Waals surface area (Å²) in [5.41, 5.74) is 8.24. The maximum Gasteiger partial charge on any atom is 0.196 e. The van der Waals surface area contributed by atoms with Crippen molar-refractivity contribution in [3.05, 3.63) is 53.3 Å². The molecule has 0 saturated heterocycles. The van der Waals surface area contributed by atoms with Gasteiger partial charge in [0.05, 0.1) is 13.3 Å². The summed E-state index contributed by atoms with van der Waals surface area (Å²) in [5, 5.41) is 0. The van der Waals surface area contributed by atoms with Gasteiger partial charge in [0, 0.05) is 23.0 Å². The molecule has 0 fully saturated rings. The lowest BCUT2D eigenvalue weighted by Gasteiger charge is -2.07. The fourth-order valence-corrected chi connectivity index (χ4v) is 1.68. The maximum absolute atomic E-state index is 12.3. The number of anilines is 1. The van der Waals surface area contributed by atoms with Crippen molar-refractivity contribution in [1.29, 1.82) is 0 Å². The van der Waals surface area contributed by atoms with Crippen LogP contribution in [-0.2, 0) is 0 Å². The van der Waals surface area contributed by atoms with Crippen molar-refractivity contribution in [1.82, 2.24) is 4.98 Å². The van der Waals surface area contributed by atoms with Gasteiger partial charge in [0.15, 0.2) is 5.78 Å². The first-order valence-corrected chi connectivity index (χ1v) is 5.51. The summed E-state index contributed by atoms with van der Waals surface area (Å²) in [6.07, 6.45) is 3.06. The van der Waals surface area contributed by atoms with Gasteiger partial charge in [0.25, 0.3) is 0 Å². The van der Waals surface area contributed by atoms with Crippen molar-refractivity contribution in [2.24, 2.45) is 0 Å². The van der Waals surface area contributed by atoms with Crippen molar-refractivity contribution < 1.29 is 9.53 Å². The predicted molar refractivity (Wildman–Crippen MR) is 69.8 cm³/mol. The number of carbonyl (C=O) groups is 1. The highest BCUT2D eigenvalue weighted by molar-refractivity contribution is 6.12. The van der Waals surface area contributed by atoms with E-state index in [1.807, 2.05) is 13.0 Å². The predicted octanol–water partition coefficient (Wildman–Crippen LogP) is 2.21. The number of carbonyl (C=O) groups excluding carboxylic acids is 1. The van der Waals surface area contributed by atoms with Gasteiger partial charge in [-0.1, -0.05) is 11.6 Å². The molecule has 18 heavy (non-hydrogen) atoms. The molecular weight excluding hydrogens is 228 g/mol. The fraction of sp³-hybridized carbons (Fsp3) is 0.143. The van der Waals surface area contributed by atoms with Gasteiger partial charge < -0.3 is 10.5 Å². The molecule has 0 bridgehead atoms. The number of nitrogens with zero attached hydrogens (tertiary/aromatic N) is 1. The van der Waals surface area contributed by atoms with Gasteiger partial charge in [-0.2, -0.15) is 0 Å². The number of nitrogen functional groups attached to an aromatic ring is 1. The van der Waals surface area contributed by atoms with Crippen LogP contribution < -0.4 is 10.5 Å². The number of hydrogen-bond acceptors (Lipinski definition) is 4. The molecule has 0 aliphatic carbocycles. The maximum atomic E-state index is 12.3. The average molecular weight is 242 g/mol. The summed E-state index contributed by atoms with van der Waals surface area (Å²) in [5.74, 6) is 0.398. The van der Waals surface area contributed by atoms with E-state index < -0.39 is 0 Å². The zero-order valence-corrected chi connectivity index (χ0v) is 10.3. The largest absolute Gasteiger partial charge is 0.495 e. The monoisotopic (exact) mass is 242 g/mol. The minimum atomic E-state index is -0.150. The summed E-state index contributed by atoms with van der Waals surface area (Å²) in [6.45, 7) is 1.92. The lowest BCUT2D eigenvalue weighted by Crippen LogP contribution is -2.06. The van der Waals surface area contributed by atoms with Gasteiger partial charge in [-0.15, -0.1) is 0 Å². The van der Waals surface area contributed by atoms with Gasteiger partial charge in [0.2, 0.25) is 0 Å². The van der Waals surface area contributed by atoms with Gasteiger partial charge in [0.1, 0.15) is 5.75 Å². The molecule has 0 unspecified atom stereocenters. The van der Waals surface area contributed by atoms with E-state index in [-0.39, 0.29) is 5.78 Å². The van der Waals surface area contributed by atoms with E-state index in [0.29, 0.717) is 22.6 Å². The smallest absolute Gasteiger partial charge is 0.196 e. The van der Waals surface area contributed by atoms with Gasteiger partial charge >= 0.3 is 0 Å². The lowest BCUT2D eigenvalue weighted by atomic mass is 10.0. The standard InChI is InChI=1S/C14H14N2O2/c1-9-3-4-13(15)12(5-9)14(17)10-6-11(18-2)8-16-7-10/h3-8H,15H2,1-2H3. The first-order valence-electron chi connectivity index (χ1n) is 5.51. The van der Waals surface area contributed by atoms with E-state index >= 15 is 0 Å². The number of aryl methyl sites for hydroxylation is 1. The molecule has 0 atom stereocenters. The Morgan fingerprint density at radius 2 is 2.06 bits per heavy atom. The number of pyridine rings is 1. The Hall–Kier alpha value is -2.36. The van der Waals surface area contributed by atoms with Crippen molar-refractivity contribution in [2.45, 2.75) is 6.92 Å². The molecule has 0 aliphatic heterocycles. The first kappa shape index (κ1) is 12.1. The quantitative estimate of drug-likeness (QED) is 0.662. The van der Waals surface area contributed by atoms with E-state index in [0.717, 1.165) is 5.56 Å². The van der Waals surface area contributed by atoms with Crippen molar-refractivity contribution >= 4 is 11.5 Å². The number of nitrogens with two attached hydrogens (primary N) is 1. The Kier molecular flexibility index (Phi) is 3.28. The first-order chi connectivity index (χ1) is 8.61. The molecule has 2 aromatic rings. The van der Waals surface area contributed by atoms with E-state index in [9.17, 15) is 4.79 Å². The van der Waals surface area contributed by atoms with E-state index in [4.69, 9.17) is 10.5 Å². The summed E-state index contributed by atoms with van der Waals surface area (Å²) >= 11 is 0. The Morgan fingerprint density at radius 1 is 1.28 bits per heavy atom. The van der Waals surface area contributed by atoms with Crippen LogP contribution in [-0.4, -0.2) is 17.9 Å². The number of rotatable bonds is 3. The number of ketones is 1. The second-order valence-corrected chi connectivity index (χ2v) is 4.03. The molecule has 2 rings (SSSR count). The van der Waals surface area contributed by atoms with Crippen LogP contribution in [0.5, 0.6) is 5.75 Å². The molecule has 1 aromatic carbocycles. The zero-order chi connectivity index (χ0) is 13.1. The normalized spacial score (nSPS) is 10.1. The second-order valence-electron chi connectivity index (χ2n) is 4.03. The van der Waals surface area contributed by atoms with E-state index in [1.54, 1.807) is 24.4 Å². The van der Waals surface area contributed by atoms with Crippen LogP contribution in [0.3, 0.4) is 0 Å². The Bertz CT molecular complexity index is 594. The minimum Gasteiger partial charge on any atom is -0.495 e. The third-order valence-corrected chi connectivity index (χ3v) is 2.66. The Morgan fingerprint density at radius 3 is 2.78 bits per heavy atom. The third-order valence-electron chi connectivity index (χ3n) is 2.66. The SMILES string of the molecule is COc1cncc(C(=O)c2cc(C)ccc2N)c1. The molecule has 1 heterocycles. The zero-order valence-electron chi connectivity index (χ0n) is 10.3. The van der Waals surface area contributed by atoms with Crippen molar-refractivity contribution in [3.63, 3.8) is 0 Å². The number of aromatic nitrogens is 1. The van der Waals surface area contributed by atoms with Crippen LogP contribution in [0.2, 0.25) is 0 Å². The average Bonchev–Trinajstić information content (AvgIpc) is 2.41. The van der Waals surface area contributed by atoms with Gasteiger partial charge in [-0.25, -0.2) is 0 Å². The van der Waals surface area contributed by atoms with Crippen LogP contribution in [0, 0.1) is 6.92 Å². The molecule has 4 nitrogen and oxygen atoms in total. The van der Waals surface area contributed by atoms with Crippen molar-refractivity contribution in [2.75, 3.05) is 12.8 Å². The summed E-state index contributed by atoms with van der Waals surface area (Å²) in [6, 6.07) is 7.03. The van der Waals surface area contributed by atoms with E-state index in [2.05, 4.69) is 4.98 Å². The van der Waals surface area contributed by atoms with Crippen LogP contribution >= 0.6 is 0 Å². The molecule has 0 saturated carbocycles. The van der Waals surface area contributed by atoms with Crippen molar-refractivity contribution in [3.8, 4) is 5.75 Å². The van der Waals surface area contributed by atoms with Crippen LogP contribution in [0.25, 0.3) is 0 Å². The Labute approximate surface area is 105 Å². The lowest BCUT2D eigenvalue weighted by molar-refractivity contribution is 0.103. The number of ether oxygens (including phenoxy) is 1. The highest BCUT2D eigenvalue weighted by Crippen LogP contribution is 2.20. The topological polar surface area (TPSA) is 65.2 Å². The molecule has 1 aromatic heterocycles. The highest BCUT2D eigenvalue weighted by atomic mass is 16.5. The molecular formula is C14H14N2O2. The molecule has 92 valence electrons. The second kappa shape index (κ2) is 4.87. The molecule has 2 N–H and O–H groups in total. The number of methoxy groups -OCH3 is 1. The van der Waals surface area contributed by atoms with Gasteiger partial charge in [-0.3, -0.25) is 9.78 Å². The number of hydrogen-bond donors (Lipinski definition) is 1. The molecule has 0 spiro atoms. The Balaban J connectivity index is 2.44. The van der Waals surface area contributed by atoms with Crippen LogP contribution in [0.15, 0.2) is 36.7 Å². The molecule has 0 aliphatic rings. The molecule has 4 heteroatoms. The fourth-order valence-electron chi connectivity index (χ4n) is 1.68. The van der Waals surface area contributed by atoms with Crippen LogP contribution in [0.4, 0.5) is 5.69 Å². The summed E-state index contributed by atoms with van der Waals surface area (Å²) < 4.78 is 5.05. The highest BCUT2D eigenvalue weighted by Gasteiger charge is 2.13. The third kappa shape index (κ3) is 2.32. The van der Waals surface area contributed by atoms with Gasteiger partial charge in [-0.05, 0) is 25.1 Å². The number of benzene rings is 1. The van der Waals surface area contributed by atoms with Crippen LogP contribution in [0.1, 0.15) is 21.5 Å². The summed E-state index contributed by atoms with van der Waals surface area (Å²) in [4.78, 5) is 16.3. The van der Waals surface area contributed by atoms with E-state index in [1.165, 1.54) is 13.3 Å².